The van der Waals surface area contributed by atoms with Crippen molar-refractivity contribution in [1.29, 1.82) is 5.26 Å². The van der Waals surface area contributed by atoms with Crippen molar-refractivity contribution >= 4 is 17.3 Å². The van der Waals surface area contributed by atoms with Crippen LogP contribution in [0.15, 0.2) is 18.2 Å². The van der Waals surface area contributed by atoms with E-state index in [0.717, 1.165) is 38.2 Å². The highest BCUT2D eigenvalue weighted by Gasteiger charge is 2.42. The van der Waals surface area contributed by atoms with Gasteiger partial charge in [-0.15, -0.1) is 0 Å². The summed E-state index contributed by atoms with van der Waals surface area (Å²) < 4.78 is 11.8. The van der Waals surface area contributed by atoms with Gasteiger partial charge in [0.1, 0.15) is 11.7 Å². The molecule has 2 unspecified atom stereocenters. The number of hydrogen-bond donors (Lipinski definition) is 0. The van der Waals surface area contributed by atoms with E-state index in [1.165, 1.54) is 0 Å². The van der Waals surface area contributed by atoms with E-state index in [-0.39, 0.29) is 11.7 Å². The average Bonchev–Trinajstić information content (AvgIpc) is 2.46. The van der Waals surface area contributed by atoms with Gasteiger partial charge in [-0.2, -0.15) is 5.26 Å². The molecule has 3 rings (SSSR count). The van der Waals surface area contributed by atoms with Gasteiger partial charge in [-0.1, -0.05) is 17.7 Å². The Morgan fingerprint density at radius 3 is 3.05 bits per heavy atom. The van der Waals surface area contributed by atoms with Crippen molar-refractivity contribution in [3.63, 3.8) is 0 Å². The minimum atomic E-state index is -0.276. The van der Waals surface area contributed by atoms with E-state index in [9.17, 15) is 5.26 Å². The van der Waals surface area contributed by atoms with E-state index < -0.39 is 0 Å². The molecule has 2 aliphatic rings. The van der Waals surface area contributed by atoms with Gasteiger partial charge in [-0.3, -0.25) is 0 Å². The predicted molar refractivity (Wildman–Crippen MR) is 81.7 cm³/mol. The molecule has 4 nitrogen and oxygen atoms in total. The topological polar surface area (TPSA) is 45.5 Å². The molecule has 2 atom stereocenters. The monoisotopic (exact) mass is 306 g/mol. The highest BCUT2D eigenvalue weighted by molar-refractivity contribution is 6.33. The maximum absolute atomic E-state index is 9.35. The number of ether oxygens (including phenoxy) is 2. The molecule has 0 amide bonds. The molecule has 112 valence electrons. The van der Waals surface area contributed by atoms with E-state index in [4.69, 9.17) is 21.1 Å². The molecule has 0 saturated carbocycles. The summed E-state index contributed by atoms with van der Waals surface area (Å²) in [5.41, 5.74) is 1.16. The second kappa shape index (κ2) is 5.84. The summed E-state index contributed by atoms with van der Waals surface area (Å²) in [5.74, 6) is 0. The fourth-order valence-corrected chi connectivity index (χ4v) is 3.66. The molecule has 2 heterocycles. The van der Waals surface area contributed by atoms with Gasteiger partial charge in [0.15, 0.2) is 0 Å². The third kappa shape index (κ3) is 2.87. The summed E-state index contributed by atoms with van der Waals surface area (Å²) in [6.45, 7) is 4.93. The molecule has 2 saturated heterocycles. The number of nitrogens with zero attached hydrogens (tertiary/aromatic N) is 2. The summed E-state index contributed by atoms with van der Waals surface area (Å²) in [7, 11) is 0. The Morgan fingerprint density at radius 1 is 1.48 bits per heavy atom. The maximum atomic E-state index is 9.35. The van der Waals surface area contributed by atoms with E-state index in [2.05, 4.69) is 17.9 Å². The van der Waals surface area contributed by atoms with E-state index in [1.807, 2.05) is 18.2 Å². The van der Waals surface area contributed by atoms with Crippen molar-refractivity contribution in [3.05, 3.63) is 28.8 Å². The number of halogens is 1. The molecule has 0 bridgehead atoms. The van der Waals surface area contributed by atoms with Crippen molar-refractivity contribution in [2.24, 2.45) is 0 Å². The third-order valence-corrected chi connectivity index (χ3v) is 4.42. The van der Waals surface area contributed by atoms with Crippen LogP contribution in [-0.2, 0) is 9.47 Å². The zero-order valence-electron chi connectivity index (χ0n) is 12.1. The second-order valence-corrected chi connectivity index (χ2v) is 6.30. The normalized spacial score (nSPS) is 29.4. The van der Waals surface area contributed by atoms with Crippen LogP contribution >= 0.6 is 11.6 Å². The summed E-state index contributed by atoms with van der Waals surface area (Å²) in [4.78, 5) is 2.18. The summed E-state index contributed by atoms with van der Waals surface area (Å²) in [6.07, 6.45) is 2.08. The molecule has 1 aromatic rings. The van der Waals surface area contributed by atoms with Crippen molar-refractivity contribution in [2.75, 3.05) is 31.2 Å². The van der Waals surface area contributed by atoms with Gasteiger partial charge in [-0.25, -0.2) is 0 Å². The van der Waals surface area contributed by atoms with Crippen molar-refractivity contribution < 1.29 is 9.47 Å². The highest BCUT2D eigenvalue weighted by Crippen LogP contribution is 2.36. The van der Waals surface area contributed by atoms with E-state index >= 15 is 0 Å². The summed E-state index contributed by atoms with van der Waals surface area (Å²) in [5, 5.41) is 9.97. The third-order valence-electron chi connectivity index (χ3n) is 4.12. The molecule has 1 aromatic carbocycles. The number of para-hydroxylation sites is 1. The first kappa shape index (κ1) is 14.6. The lowest BCUT2D eigenvalue weighted by molar-refractivity contribution is -0.160. The van der Waals surface area contributed by atoms with Crippen LogP contribution in [0.4, 0.5) is 5.69 Å². The SMILES string of the molecule is CC1CN(c2c(Cl)cccc2C#N)CC2(CCCOC2)O1. The zero-order valence-corrected chi connectivity index (χ0v) is 12.9. The highest BCUT2D eigenvalue weighted by atomic mass is 35.5. The molecule has 0 aromatic heterocycles. The summed E-state index contributed by atoms with van der Waals surface area (Å²) in [6, 6.07) is 7.70. The van der Waals surface area contributed by atoms with Gasteiger partial charge in [0, 0.05) is 19.7 Å². The molecule has 2 aliphatic heterocycles. The van der Waals surface area contributed by atoms with Crippen molar-refractivity contribution in [2.45, 2.75) is 31.5 Å². The fourth-order valence-electron chi connectivity index (χ4n) is 3.37. The maximum Gasteiger partial charge on any atom is 0.109 e. The van der Waals surface area contributed by atoms with Crippen LogP contribution in [-0.4, -0.2) is 38.0 Å². The Bertz CT molecular complexity index is 564. The lowest BCUT2D eigenvalue weighted by atomic mass is 9.92. The second-order valence-electron chi connectivity index (χ2n) is 5.90. The zero-order chi connectivity index (χ0) is 14.9. The molecule has 0 N–H and O–H groups in total. The lowest BCUT2D eigenvalue weighted by Crippen LogP contribution is -2.58. The Labute approximate surface area is 130 Å². The lowest BCUT2D eigenvalue weighted by Gasteiger charge is -2.48. The molecular formula is C16H19ClN2O2. The number of anilines is 1. The van der Waals surface area contributed by atoms with Crippen LogP contribution in [0.3, 0.4) is 0 Å². The van der Waals surface area contributed by atoms with Crippen LogP contribution in [0, 0.1) is 11.3 Å². The Morgan fingerprint density at radius 2 is 2.33 bits per heavy atom. The van der Waals surface area contributed by atoms with Gasteiger partial charge in [-0.05, 0) is 31.9 Å². The Hall–Kier alpha value is -1.28. The van der Waals surface area contributed by atoms with Gasteiger partial charge in [0.05, 0.1) is 29.0 Å². The largest absolute Gasteiger partial charge is 0.378 e. The number of rotatable bonds is 1. The van der Waals surface area contributed by atoms with E-state index in [1.54, 1.807) is 0 Å². The van der Waals surface area contributed by atoms with Gasteiger partial charge in [0.2, 0.25) is 0 Å². The van der Waals surface area contributed by atoms with Crippen LogP contribution in [0.1, 0.15) is 25.3 Å². The first-order valence-electron chi connectivity index (χ1n) is 7.33. The average molecular weight is 307 g/mol. The molecule has 21 heavy (non-hydrogen) atoms. The number of benzene rings is 1. The quantitative estimate of drug-likeness (QED) is 0.800. The van der Waals surface area contributed by atoms with Gasteiger partial charge < -0.3 is 14.4 Å². The van der Waals surface area contributed by atoms with Crippen molar-refractivity contribution in [1.82, 2.24) is 0 Å². The minimum absolute atomic E-state index is 0.0864. The standard InChI is InChI=1S/C16H19ClN2O2/c1-12-9-19(10-16(21-12)6-3-7-20-11-16)15-13(8-18)4-2-5-14(15)17/h2,4-5,12H,3,6-7,9-11H2,1H3. The van der Waals surface area contributed by atoms with E-state index in [0.29, 0.717) is 17.2 Å². The molecule has 2 fully saturated rings. The van der Waals surface area contributed by atoms with Crippen molar-refractivity contribution in [3.8, 4) is 6.07 Å². The van der Waals surface area contributed by atoms with Crippen LogP contribution in [0.25, 0.3) is 0 Å². The van der Waals surface area contributed by atoms with Crippen LogP contribution in [0.5, 0.6) is 0 Å². The number of morpholine rings is 1. The summed E-state index contributed by atoms with van der Waals surface area (Å²) >= 11 is 6.35. The minimum Gasteiger partial charge on any atom is -0.378 e. The number of hydrogen-bond acceptors (Lipinski definition) is 4. The predicted octanol–water partition coefficient (Wildman–Crippen LogP) is 2.99. The molecule has 0 radical (unpaired) electrons. The Kier molecular flexibility index (Phi) is 4.08. The smallest absolute Gasteiger partial charge is 0.109 e. The molecule has 5 heteroatoms. The first-order chi connectivity index (χ1) is 10.1. The number of nitriles is 1. The fraction of sp³-hybridized carbons (Fsp3) is 0.562. The van der Waals surface area contributed by atoms with Crippen LogP contribution < -0.4 is 4.90 Å². The molecular weight excluding hydrogens is 288 g/mol. The van der Waals surface area contributed by atoms with Gasteiger partial charge in [0.25, 0.3) is 0 Å². The molecule has 0 aliphatic carbocycles. The first-order valence-corrected chi connectivity index (χ1v) is 7.70. The van der Waals surface area contributed by atoms with Gasteiger partial charge >= 0.3 is 0 Å². The molecule has 1 spiro atoms. The Balaban J connectivity index is 1.93. The van der Waals surface area contributed by atoms with Crippen LogP contribution in [0.2, 0.25) is 5.02 Å².